The van der Waals surface area contributed by atoms with Gasteiger partial charge in [-0.25, -0.2) is 4.98 Å². The number of rotatable bonds is 1. The van der Waals surface area contributed by atoms with Gasteiger partial charge in [0.25, 0.3) is 0 Å². The lowest BCUT2D eigenvalue weighted by atomic mass is 10.2. The van der Waals surface area contributed by atoms with Crippen LogP contribution in [-0.4, -0.2) is 4.98 Å². The molecule has 0 bridgehead atoms. The van der Waals surface area contributed by atoms with Gasteiger partial charge in [-0.05, 0) is 17.7 Å². The summed E-state index contributed by atoms with van der Waals surface area (Å²) < 4.78 is 1.20. The first-order chi connectivity index (χ1) is 5.40. The van der Waals surface area contributed by atoms with Crippen molar-refractivity contribution in [3.05, 3.63) is 35.2 Å². The molecule has 0 atom stereocenters. The van der Waals surface area contributed by atoms with Gasteiger partial charge in [0.1, 0.15) is 0 Å². The summed E-state index contributed by atoms with van der Waals surface area (Å²) in [6, 6.07) is 5.98. The molecular weight excluding hydrogens is 178 g/mol. The molecule has 0 spiro atoms. The molecule has 1 radical (unpaired) electrons. The highest BCUT2D eigenvalue weighted by molar-refractivity contribution is 7.16. The molecule has 0 aliphatic carbocycles. The predicted molar refractivity (Wildman–Crippen MR) is 48.9 cm³/mol. The third-order valence-electron chi connectivity index (χ3n) is 1.48. The largest absolute Gasteiger partial charge is 0.245 e. The standard InChI is InChI=1S/C8H5ClNS/c9-4-6-1-2-8-7(3-6)10-5-11-8/h1-5H. The zero-order valence-corrected chi connectivity index (χ0v) is 7.19. The van der Waals surface area contributed by atoms with Gasteiger partial charge in [0, 0.05) is 0 Å². The molecule has 2 aromatic rings. The third kappa shape index (κ3) is 1.24. The zero-order chi connectivity index (χ0) is 7.68. The summed E-state index contributed by atoms with van der Waals surface area (Å²) in [5.74, 6) is 1.55. The number of halogens is 1. The first kappa shape index (κ1) is 7.07. The van der Waals surface area contributed by atoms with Crippen LogP contribution in [0.25, 0.3) is 10.2 Å². The molecule has 3 heteroatoms. The molecule has 1 aromatic carbocycles. The Bertz CT molecular complexity index is 369. The Morgan fingerprint density at radius 1 is 1.45 bits per heavy atom. The molecule has 0 unspecified atom stereocenters. The minimum atomic E-state index is 1.00. The van der Waals surface area contributed by atoms with E-state index in [9.17, 15) is 0 Å². The quantitative estimate of drug-likeness (QED) is 0.661. The molecule has 1 nitrogen and oxygen atoms in total. The molecule has 0 amide bonds. The van der Waals surface area contributed by atoms with Crippen LogP contribution >= 0.6 is 22.9 Å². The number of aromatic nitrogens is 1. The molecule has 1 heterocycles. The van der Waals surface area contributed by atoms with Crippen LogP contribution in [0.5, 0.6) is 0 Å². The highest BCUT2D eigenvalue weighted by atomic mass is 35.5. The average molecular weight is 183 g/mol. The van der Waals surface area contributed by atoms with E-state index >= 15 is 0 Å². The molecule has 0 saturated heterocycles. The van der Waals surface area contributed by atoms with Gasteiger partial charge in [0.15, 0.2) is 0 Å². The monoisotopic (exact) mass is 182 g/mol. The second-order valence-corrected chi connectivity index (χ2v) is 3.29. The lowest BCUT2D eigenvalue weighted by Gasteiger charge is -1.91. The topological polar surface area (TPSA) is 12.9 Å². The van der Waals surface area contributed by atoms with Crippen LogP contribution in [0.4, 0.5) is 0 Å². The molecule has 2 rings (SSSR count). The minimum absolute atomic E-state index is 1.00. The van der Waals surface area contributed by atoms with E-state index in [0.29, 0.717) is 0 Å². The van der Waals surface area contributed by atoms with Crippen molar-refractivity contribution in [1.29, 1.82) is 0 Å². The maximum absolute atomic E-state index is 5.54. The lowest BCUT2D eigenvalue weighted by Crippen LogP contribution is -1.73. The molecule has 55 valence electrons. The van der Waals surface area contributed by atoms with E-state index in [4.69, 9.17) is 11.6 Å². The number of fused-ring (bicyclic) bond motifs is 1. The first-order valence-corrected chi connectivity index (χ1v) is 4.48. The summed E-state index contributed by atoms with van der Waals surface area (Å²) in [5, 5.41) is 0. The Hall–Kier alpha value is -0.600. The Kier molecular flexibility index (Phi) is 1.80. The fraction of sp³-hybridized carbons (Fsp3) is 0. The van der Waals surface area contributed by atoms with Crippen molar-refractivity contribution < 1.29 is 0 Å². The van der Waals surface area contributed by atoms with Crippen LogP contribution in [0.15, 0.2) is 23.7 Å². The highest BCUT2D eigenvalue weighted by Gasteiger charge is 1.96. The van der Waals surface area contributed by atoms with Gasteiger partial charge < -0.3 is 0 Å². The van der Waals surface area contributed by atoms with E-state index in [0.717, 1.165) is 11.1 Å². The summed E-state index contributed by atoms with van der Waals surface area (Å²) in [7, 11) is 0. The van der Waals surface area contributed by atoms with Crippen LogP contribution < -0.4 is 0 Å². The van der Waals surface area contributed by atoms with E-state index in [1.54, 1.807) is 17.2 Å². The van der Waals surface area contributed by atoms with Crippen molar-refractivity contribution in [2.75, 3.05) is 0 Å². The first-order valence-electron chi connectivity index (χ1n) is 3.17. The molecular formula is C8H5ClNS. The number of thiazole rings is 1. The Morgan fingerprint density at radius 3 is 3.18 bits per heavy atom. The van der Waals surface area contributed by atoms with Crippen LogP contribution in [0.3, 0.4) is 0 Å². The maximum Gasteiger partial charge on any atom is 0.0815 e. The normalized spacial score (nSPS) is 10.6. The molecule has 0 aliphatic rings. The van der Waals surface area contributed by atoms with Gasteiger partial charge in [-0.3, -0.25) is 0 Å². The van der Waals surface area contributed by atoms with Crippen molar-refractivity contribution in [1.82, 2.24) is 4.98 Å². The van der Waals surface area contributed by atoms with Crippen molar-refractivity contribution in [3.8, 4) is 0 Å². The summed E-state index contributed by atoms with van der Waals surface area (Å²) >= 11 is 7.18. The summed E-state index contributed by atoms with van der Waals surface area (Å²) in [5.41, 5.74) is 3.86. The van der Waals surface area contributed by atoms with Crippen LogP contribution in [0.2, 0.25) is 0 Å². The Labute approximate surface area is 73.6 Å². The number of nitrogens with zero attached hydrogens (tertiary/aromatic N) is 1. The fourth-order valence-electron chi connectivity index (χ4n) is 0.943. The van der Waals surface area contributed by atoms with E-state index in [1.807, 2.05) is 23.7 Å². The summed E-state index contributed by atoms with van der Waals surface area (Å²) in [6.07, 6.45) is 0. The number of hydrogen-bond acceptors (Lipinski definition) is 2. The van der Waals surface area contributed by atoms with Crippen LogP contribution in [-0.2, 0) is 0 Å². The second kappa shape index (κ2) is 2.80. The molecule has 0 saturated carbocycles. The Morgan fingerprint density at radius 2 is 2.36 bits per heavy atom. The van der Waals surface area contributed by atoms with Gasteiger partial charge in [-0.1, -0.05) is 6.07 Å². The van der Waals surface area contributed by atoms with Crippen LogP contribution in [0, 0.1) is 5.88 Å². The van der Waals surface area contributed by atoms with Crippen molar-refractivity contribution >= 4 is 33.2 Å². The van der Waals surface area contributed by atoms with Gasteiger partial charge in [0.2, 0.25) is 0 Å². The van der Waals surface area contributed by atoms with E-state index in [2.05, 4.69) is 4.98 Å². The highest BCUT2D eigenvalue weighted by Crippen LogP contribution is 2.19. The minimum Gasteiger partial charge on any atom is -0.245 e. The van der Waals surface area contributed by atoms with Crippen molar-refractivity contribution in [3.63, 3.8) is 0 Å². The summed E-state index contributed by atoms with van der Waals surface area (Å²) in [6.45, 7) is 0. The molecule has 1 aromatic heterocycles. The SMILES string of the molecule is Cl[CH]c1ccc2scnc2c1. The van der Waals surface area contributed by atoms with E-state index in [-0.39, 0.29) is 0 Å². The smallest absolute Gasteiger partial charge is 0.0815 e. The molecule has 0 N–H and O–H groups in total. The van der Waals surface area contributed by atoms with Gasteiger partial charge >= 0.3 is 0 Å². The van der Waals surface area contributed by atoms with Crippen LogP contribution in [0.1, 0.15) is 5.56 Å². The van der Waals surface area contributed by atoms with Gasteiger partial charge in [0.05, 0.1) is 21.6 Å². The number of benzene rings is 1. The average Bonchev–Trinajstić information content (AvgIpc) is 2.50. The second-order valence-electron chi connectivity index (χ2n) is 2.19. The summed E-state index contributed by atoms with van der Waals surface area (Å²) in [4.78, 5) is 4.17. The van der Waals surface area contributed by atoms with E-state index in [1.165, 1.54) is 4.70 Å². The predicted octanol–water partition coefficient (Wildman–Crippen LogP) is 3.04. The van der Waals surface area contributed by atoms with E-state index < -0.39 is 0 Å². The van der Waals surface area contributed by atoms with Gasteiger partial charge in [-0.2, -0.15) is 0 Å². The third-order valence-corrected chi connectivity index (χ3v) is 2.54. The van der Waals surface area contributed by atoms with Crippen molar-refractivity contribution in [2.24, 2.45) is 0 Å². The van der Waals surface area contributed by atoms with Crippen molar-refractivity contribution in [2.45, 2.75) is 0 Å². The Balaban J connectivity index is 2.67. The maximum atomic E-state index is 5.54. The molecule has 11 heavy (non-hydrogen) atoms. The fourth-order valence-corrected chi connectivity index (χ4v) is 1.74. The molecule has 0 aliphatic heterocycles. The number of hydrogen-bond donors (Lipinski definition) is 0. The lowest BCUT2D eigenvalue weighted by molar-refractivity contribution is 1.49. The zero-order valence-electron chi connectivity index (χ0n) is 5.62. The molecule has 0 fully saturated rings. The van der Waals surface area contributed by atoms with Gasteiger partial charge in [-0.15, -0.1) is 22.9 Å².